The van der Waals surface area contributed by atoms with Crippen LogP contribution in [0, 0.1) is 11.2 Å². The minimum Gasteiger partial charge on any atom is -0.378 e. The van der Waals surface area contributed by atoms with Crippen molar-refractivity contribution in [1.29, 1.82) is 5.41 Å². The average Bonchev–Trinajstić information content (AvgIpc) is 2.37. The van der Waals surface area contributed by atoms with Gasteiger partial charge in [0.1, 0.15) is 11.7 Å². The third-order valence-corrected chi connectivity index (χ3v) is 2.87. The summed E-state index contributed by atoms with van der Waals surface area (Å²) in [6.45, 7) is 1.34. The van der Waals surface area contributed by atoms with Crippen molar-refractivity contribution in [2.24, 2.45) is 0 Å². The molecule has 1 heterocycles. The molecule has 19 heavy (non-hydrogen) atoms. The van der Waals surface area contributed by atoms with Crippen LogP contribution in [-0.4, -0.2) is 37.0 Å². The van der Waals surface area contributed by atoms with Crippen LogP contribution in [-0.2, 0) is 10.9 Å². The number of alkyl halides is 3. The number of nitrogens with one attached hydrogen (secondary N) is 1. The first kappa shape index (κ1) is 13.8. The van der Waals surface area contributed by atoms with Crippen LogP contribution in [0.5, 0.6) is 0 Å². The van der Waals surface area contributed by atoms with Crippen LogP contribution >= 0.6 is 0 Å². The summed E-state index contributed by atoms with van der Waals surface area (Å²) in [7, 11) is 0. The van der Waals surface area contributed by atoms with Crippen molar-refractivity contribution in [3.8, 4) is 0 Å². The van der Waals surface area contributed by atoms with Crippen LogP contribution in [0.25, 0.3) is 0 Å². The molecule has 0 aliphatic carbocycles. The van der Waals surface area contributed by atoms with E-state index in [9.17, 15) is 17.6 Å². The fourth-order valence-corrected chi connectivity index (χ4v) is 1.92. The number of morpholine rings is 1. The van der Waals surface area contributed by atoms with Crippen molar-refractivity contribution >= 4 is 5.84 Å². The molecule has 2 rings (SSSR count). The Morgan fingerprint density at radius 1 is 1.21 bits per heavy atom. The molecule has 1 aromatic carbocycles. The largest absolute Gasteiger partial charge is 0.417 e. The highest BCUT2D eigenvalue weighted by Gasteiger charge is 2.35. The van der Waals surface area contributed by atoms with Gasteiger partial charge in [0.2, 0.25) is 0 Å². The Labute approximate surface area is 107 Å². The molecule has 1 saturated heterocycles. The molecule has 0 atom stereocenters. The molecule has 3 nitrogen and oxygen atoms in total. The zero-order chi connectivity index (χ0) is 14.0. The molecule has 104 valence electrons. The van der Waals surface area contributed by atoms with E-state index >= 15 is 0 Å². The molecular weight excluding hydrogens is 264 g/mol. The Morgan fingerprint density at radius 3 is 2.42 bits per heavy atom. The van der Waals surface area contributed by atoms with Gasteiger partial charge in [-0.05, 0) is 18.2 Å². The van der Waals surface area contributed by atoms with Gasteiger partial charge in [0.25, 0.3) is 0 Å². The van der Waals surface area contributed by atoms with Crippen LogP contribution in [0.15, 0.2) is 18.2 Å². The molecular formula is C12H12F4N2O. The Hall–Kier alpha value is -1.63. The van der Waals surface area contributed by atoms with E-state index in [0.29, 0.717) is 32.4 Å². The molecule has 1 aliphatic heterocycles. The van der Waals surface area contributed by atoms with E-state index < -0.39 is 23.1 Å². The first-order valence-corrected chi connectivity index (χ1v) is 5.68. The van der Waals surface area contributed by atoms with E-state index in [0.717, 1.165) is 12.1 Å². The molecule has 0 amide bonds. The molecule has 1 N–H and O–H groups in total. The summed E-state index contributed by atoms with van der Waals surface area (Å²) in [5.41, 5.74) is -1.43. The zero-order valence-electron chi connectivity index (χ0n) is 9.93. The third-order valence-electron chi connectivity index (χ3n) is 2.87. The van der Waals surface area contributed by atoms with Gasteiger partial charge in [-0.25, -0.2) is 4.39 Å². The fraction of sp³-hybridized carbons (Fsp3) is 0.417. The van der Waals surface area contributed by atoms with Gasteiger partial charge in [-0.3, -0.25) is 5.41 Å². The maximum Gasteiger partial charge on any atom is 0.417 e. The normalized spacial score (nSPS) is 16.5. The van der Waals surface area contributed by atoms with Crippen molar-refractivity contribution in [3.05, 3.63) is 35.1 Å². The molecule has 0 spiro atoms. The van der Waals surface area contributed by atoms with Gasteiger partial charge in [0.05, 0.1) is 18.8 Å². The predicted molar refractivity (Wildman–Crippen MR) is 60.6 cm³/mol. The fourth-order valence-electron chi connectivity index (χ4n) is 1.92. The van der Waals surface area contributed by atoms with E-state index in [1.54, 1.807) is 0 Å². The number of amidine groups is 1. The quantitative estimate of drug-likeness (QED) is 0.486. The molecule has 1 aliphatic rings. The maximum absolute atomic E-state index is 13.2. The van der Waals surface area contributed by atoms with E-state index in [-0.39, 0.29) is 5.84 Å². The maximum atomic E-state index is 13.2. The molecule has 0 radical (unpaired) electrons. The molecule has 0 aromatic heterocycles. The first-order valence-electron chi connectivity index (χ1n) is 5.68. The number of hydrogen-bond donors (Lipinski definition) is 1. The number of rotatable bonds is 1. The second-order valence-corrected chi connectivity index (χ2v) is 4.14. The van der Waals surface area contributed by atoms with Crippen molar-refractivity contribution in [1.82, 2.24) is 4.90 Å². The van der Waals surface area contributed by atoms with E-state index in [1.165, 1.54) is 4.90 Å². The number of ether oxygens (including phenoxy) is 1. The minimum absolute atomic E-state index is 0.324. The van der Waals surface area contributed by atoms with Crippen molar-refractivity contribution < 1.29 is 22.3 Å². The number of hydrogen-bond acceptors (Lipinski definition) is 2. The van der Waals surface area contributed by atoms with E-state index in [4.69, 9.17) is 10.1 Å². The smallest absolute Gasteiger partial charge is 0.378 e. The zero-order valence-corrected chi connectivity index (χ0v) is 9.93. The monoisotopic (exact) mass is 276 g/mol. The topological polar surface area (TPSA) is 36.3 Å². The van der Waals surface area contributed by atoms with Gasteiger partial charge in [-0.15, -0.1) is 0 Å². The average molecular weight is 276 g/mol. The van der Waals surface area contributed by atoms with Crippen LogP contribution in [0.4, 0.5) is 17.6 Å². The summed E-state index contributed by atoms with van der Waals surface area (Å²) < 4.78 is 56.8. The summed E-state index contributed by atoms with van der Waals surface area (Å²) >= 11 is 0. The van der Waals surface area contributed by atoms with Crippen molar-refractivity contribution in [2.45, 2.75) is 6.18 Å². The summed E-state index contributed by atoms with van der Waals surface area (Å²) in [4.78, 5) is 1.45. The van der Waals surface area contributed by atoms with Crippen LogP contribution < -0.4 is 0 Å². The number of nitrogens with zero attached hydrogens (tertiary/aromatic N) is 1. The Kier molecular flexibility index (Phi) is 3.75. The van der Waals surface area contributed by atoms with Crippen LogP contribution in [0.2, 0.25) is 0 Å². The molecule has 1 aromatic rings. The van der Waals surface area contributed by atoms with Gasteiger partial charge < -0.3 is 9.64 Å². The molecule has 0 bridgehead atoms. The third kappa shape index (κ3) is 3.04. The van der Waals surface area contributed by atoms with E-state index in [2.05, 4.69) is 0 Å². The Morgan fingerprint density at radius 2 is 1.84 bits per heavy atom. The molecule has 0 unspecified atom stereocenters. The summed E-state index contributed by atoms with van der Waals surface area (Å²) in [5.74, 6) is -1.11. The number of benzene rings is 1. The first-order chi connectivity index (χ1) is 8.89. The molecule has 0 saturated carbocycles. The summed E-state index contributed by atoms with van der Waals surface area (Å²) in [5, 5.41) is 7.85. The van der Waals surface area contributed by atoms with Gasteiger partial charge in [-0.1, -0.05) is 0 Å². The summed E-state index contributed by atoms with van der Waals surface area (Å²) in [6, 6.07) is 2.17. The lowest BCUT2D eigenvalue weighted by molar-refractivity contribution is -0.137. The lowest BCUT2D eigenvalue weighted by atomic mass is 10.0. The van der Waals surface area contributed by atoms with Gasteiger partial charge in [-0.2, -0.15) is 13.2 Å². The lowest BCUT2D eigenvalue weighted by Gasteiger charge is -2.30. The van der Waals surface area contributed by atoms with Crippen LogP contribution in [0.1, 0.15) is 11.1 Å². The van der Waals surface area contributed by atoms with Crippen molar-refractivity contribution in [3.63, 3.8) is 0 Å². The minimum atomic E-state index is -4.61. The predicted octanol–water partition coefficient (Wildman–Crippen LogP) is 2.50. The highest BCUT2D eigenvalue weighted by Crippen LogP contribution is 2.33. The second kappa shape index (κ2) is 5.16. The molecule has 7 heteroatoms. The number of halogens is 4. The van der Waals surface area contributed by atoms with Gasteiger partial charge in [0.15, 0.2) is 0 Å². The highest BCUT2D eigenvalue weighted by atomic mass is 19.4. The molecule has 1 fully saturated rings. The lowest BCUT2D eigenvalue weighted by Crippen LogP contribution is -2.41. The van der Waals surface area contributed by atoms with E-state index in [1.807, 2.05) is 0 Å². The SMILES string of the molecule is N=C(c1cc(F)ccc1C(F)(F)F)N1CCOCC1. The summed E-state index contributed by atoms with van der Waals surface area (Å²) in [6.07, 6.45) is -4.61. The standard InChI is InChI=1S/C12H12F4N2O/c13-8-1-2-10(12(14,15)16)9(7-8)11(17)18-3-5-19-6-4-18/h1-2,7,17H,3-6H2. The highest BCUT2D eigenvalue weighted by molar-refractivity contribution is 5.98. The Bertz CT molecular complexity index is 481. The van der Waals surface area contributed by atoms with Crippen LogP contribution in [0.3, 0.4) is 0 Å². The Balaban J connectivity index is 2.36. The van der Waals surface area contributed by atoms with Gasteiger partial charge in [0, 0.05) is 18.7 Å². The van der Waals surface area contributed by atoms with Crippen molar-refractivity contribution in [2.75, 3.05) is 26.3 Å². The second-order valence-electron chi connectivity index (χ2n) is 4.14. The van der Waals surface area contributed by atoms with Gasteiger partial charge >= 0.3 is 6.18 Å².